The number of benzene rings is 2. The molecule has 11 heteroatoms. The van der Waals surface area contributed by atoms with Gasteiger partial charge in [0.1, 0.15) is 12.4 Å². The van der Waals surface area contributed by atoms with Crippen LogP contribution in [0.4, 0.5) is 11.4 Å². The quantitative estimate of drug-likeness (QED) is 0.294. The summed E-state index contributed by atoms with van der Waals surface area (Å²) in [7, 11) is 3.40. The number of ether oxygens (including phenoxy) is 1. The number of thioether (sulfide) groups is 1. The molecule has 156 valence electrons. The Morgan fingerprint density at radius 2 is 1.93 bits per heavy atom. The standard InChI is InChI=1S/C19H18ClN5O4S/c1-23(13-7-9-14(10-8-13)25(27)28)18(26)12-30-19-22-21-17(24(19)2)11-29-16-6-4-3-5-15(16)20/h3-10H,11-12H2,1-2H3. The van der Waals surface area contributed by atoms with Crippen LogP contribution in [0.3, 0.4) is 0 Å². The molecule has 0 aliphatic heterocycles. The third kappa shape index (κ3) is 5.08. The first-order valence-corrected chi connectivity index (χ1v) is 10.1. The van der Waals surface area contributed by atoms with E-state index in [1.807, 2.05) is 12.1 Å². The maximum atomic E-state index is 12.5. The number of anilines is 1. The molecule has 3 rings (SSSR count). The summed E-state index contributed by atoms with van der Waals surface area (Å²) in [6.07, 6.45) is 0. The monoisotopic (exact) mass is 447 g/mol. The van der Waals surface area contributed by atoms with Gasteiger partial charge in [-0.1, -0.05) is 35.5 Å². The predicted octanol–water partition coefficient (Wildman–Crippen LogP) is 3.71. The van der Waals surface area contributed by atoms with Crippen LogP contribution in [-0.4, -0.2) is 38.4 Å². The van der Waals surface area contributed by atoms with Gasteiger partial charge in [-0.15, -0.1) is 10.2 Å². The SMILES string of the molecule is CN(C(=O)CSc1nnc(COc2ccccc2Cl)n1C)c1ccc([N+](=O)[O-])cc1. The molecule has 3 aromatic rings. The fourth-order valence-electron chi connectivity index (χ4n) is 2.47. The molecule has 9 nitrogen and oxygen atoms in total. The van der Waals surface area contributed by atoms with E-state index in [1.54, 1.807) is 30.8 Å². The number of para-hydroxylation sites is 1. The van der Waals surface area contributed by atoms with Crippen molar-refractivity contribution in [1.29, 1.82) is 0 Å². The fraction of sp³-hybridized carbons (Fsp3) is 0.211. The number of hydrogen-bond acceptors (Lipinski definition) is 7. The molecule has 0 atom stereocenters. The Morgan fingerprint density at radius 3 is 2.60 bits per heavy atom. The number of hydrogen-bond donors (Lipinski definition) is 0. The van der Waals surface area contributed by atoms with Gasteiger partial charge in [-0.25, -0.2) is 0 Å². The molecule has 1 amide bonds. The lowest BCUT2D eigenvalue weighted by Crippen LogP contribution is -2.28. The van der Waals surface area contributed by atoms with Crippen LogP contribution in [0, 0.1) is 10.1 Å². The number of amides is 1. The molecule has 0 aliphatic rings. The Hall–Kier alpha value is -3.11. The summed E-state index contributed by atoms with van der Waals surface area (Å²) in [4.78, 5) is 24.2. The normalized spacial score (nSPS) is 10.6. The van der Waals surface area contributed by atoms with Crippen molar-refractivity contribution in [1.82, 2.24) is 14.8 Å². The molecule has 0 bridgehead atoms. The third-order valence-electron chi connectivity index (χ3n) is 4.27. The second-order valence-electron chi connectivity index (χ2n) is 6.19. The number of aromatic nitrogens is 3. The molecule has 0 saturated carbocycles. The highest BCUT2D eigenvalue weighted by molar-refractivity contribution is 7.99. The van der Waals surface area contributed by atoms with E-state index >= 15 is 0 Å². The van der Waals surface area contributed by atoms with Crippen molar-refractivity contribution in [3.8, 4) is 5.75 Å². The van der Waals surface area contributed by atoms with Gasteiger partial charge < -0.3 is 14.2 Å². The van der Waals surface area contributed by atoms with Crippen molar-refractivity contribution < 1.29 is 14.5 Å². The van der Waals surface area contributed by atoms with Crippen LogP contribution in [0.15, 0.2) is 53.7 Å². The number of nitro groups is 1. The molecule has 0 fully saturated rings. The minimum absolute atomic E-state index is 0.0282. The van der Waals surface area contributed by atoms with Crippen LogP contribution < -0.4 is 9.64 Å². The zero-order chi connectivity index (χ0) is 21.7. The van der Waals surface area contributed by atoms with E-state index in [9.17, 15) is 14.9 Å². The van der Waals surface area contributed by atoms with Gasteiger partial charge in [-0.3, -0.25) is 14.9 Å². The number of carbonyl (C=O) groups is 1. The van der Waals surface area contributed by atoms with Crippen LogP contribution in [0.5, 0.6) is 5.75 Å². The van der Waals surface area contributed by atoms with Gasteiger partial charge in [0.2, 0.25) is 5.91 Å². The summed E-state index contributed by atoms with van der Waals surface area (Å²) in [5.41, 5.74) is 0.539. The highest BCUT2D eigenvalue weighted by Crippen LogP contribution is 2.25. The average molecular weight is 448 g/mol. The molecule has 1 aromatic heterocycles. The van der Waals surface area contributed by atoms with Crippen LogP contribution in [0.25, 0.3) is 0 Å². The summed E-state index contributed by atoms with van der Waals surface area (Å²) in [6, 6.07) is 12.9. The van der Waals surface area contributed by atoms with E-state index in [1.165, 1.54) is 40.9 Å². The Balaban J connectivity index is 1.57. The number of nitro benzene ring substituents is 1. The van der Waals surface area contributed by atoms with Gasteiger partial charge in [0.15, 0.2) is 11.0 Å². The largest absolute Gasteiger partial charge is 0.484 e. The Bertz CT molecular complexity index is 1060. The van der Waals surface area contributed by atoms with Gasteiger partial charge in [0, 0.05) is 31.9 Å². The summed E-state index contributed by atoms with van der Waals surface area (Å²) >= 11 is 7.32. The molecule has 0 N–H and O–H groups in total. The highest BCUT2D eigenvalue weighted by Gasteiger charge is 2.16. The first-order valence-electron chi connectivity index (χ1n) is 8.76. The number of halogens is 1. The van der Waals surface area contributed by atoms with Gasteiger partial charge in [-0.2, -0.15) is 0 Å². The predicted molar refractivity (Wildman–Crippen MR) is 114 cm³/mol. The first kappa shape index (κ1) is 21.6. The smallest absolute Gasteiger partial charge is 0.269 e. The molecule has 0 saturated heterocycles. The molecule has 0 unspecified atom stereocenters. The van der Waals surface area contributed by atoms with E-state index in [-0.39, 0.29) is 24.0 Å². The minimum Gasteiger partial charge on any atom is -0.484 e. The minimum atomic E-state index is -0.484. The topological polar surface area (TPSA) is 103 Å². The second-order valence-corrected chi connectivity index (χ2v) is 7.54. The van der Waals surface area contributed by atoms with Gasteiger partial charge in [0.25, 0.3) is 5.69 Å². The summed E-state index contributed by atoms with van der Waals surface area (Å²) in [6.45, 7) is 0.185. The van der Waals surface area contributed by atoms with E-state index < -0.39 is 4.92 Å². The Morgan fingerprint density at radius 1 is 1.23 bits per heavy atom. The van der Waals surface area contributed by atoms with Crippen LogP contribution >= 0.6 is 23.4 Å². The van der Waals surface area contributed by atoms with Crippen LogP contribution in [0.1, 0.15) is 5.82 Å². The third-order valence-corrected chi connectivity index (χ3v) is 5.58. The van der Waals surface area contributed by atoms with Crippen molar-refractivity contribution in [2.75, 3.05) is 17.7 Å². The number of carbonyl (C=O) groups excluding carboxylic acids is 1. The lowest BCUT2D eigenvalue weighted by molar-refractivity contribution is -0.384. The molecule has 0 aliphatic carbocycles. The number of nitrogens with zero attached hydrogens (tertiary/aromatic N) is 5. The molecule has 30 heavy (non-hydrogen) atoms. The van der Waals surface area contributed by atoms with E-state index in [0.29, 0.717) is 27.4 Å². The van der Waals surface area contributed by atoms with Gasteiger partial charge in [0.05, 0.1) is 15.7 Å². The second kappa shape index (κ2) is 9.59. The van der Waals surface area contributed by atoms with Crippen molar-refractivity contribution in [2.45, 2.75) is 11.8 Å². The average Bonchev–Trinajstić information content (AvgIpc) is 3.10. The van der Waals surface area contributed by atoms with Crippen molar-refractivity contribution in [2.24, 2.45) is 7.05 Å². The molecule has 0 spiro atoms. The Labute approximate surface area is 181 Å². The van der Waals surface area contributed by atoms with E-state index in [2.05, 4.69) is 10.2 Å². The fourth-order valence-corrected chi connectivity index (χ4v) is 3.50. The van der Waals surface area contributed by atoms with E-state index in [0.717, 1.165) is 0 Å². The lowest BCUT2D eigenvalue weighted by atomic mass is 10.2. The molecule has 1 heterocycles. The van der Waals surface area contributed by atoms with Gasteiger partial charge in [-0.05, 0) is 24.3 Å². The summed E-state index contributed by atoms with van der Waals surface area (Å²) in [5.74, 6) is 1.10. The highest BCUT2D eigenvalue weighted by atomic mass is 35.5. The number of rotatable bonds is 8. The van der Waals surface area contributed by atoms with Crippen molar-refractivity contribution in [3.63, 3.8) is 0 Å². The van der Waals surface area contributed by atoms with Crippen LogP contribution in [0.2, 0.25) is 5.02 Å². The maximum absolute atomic E-state index is 12.5. The van der Waals surface area contributed by atoms with Crippen molar-refractivity contribution >= 4 is 40.6 Å². The summed E-state index contributed by atoms with van der Waals surface area (Å²) in [5, 5.41) is 20.0. The molecular formula is C19H18ClN5O4S. The summed E-state index contributed by atoms with van der Waals surface area (Å²) < 4.78 is 7.43. The molecule has 2 aromatic carbocycles. The van der Waals surface area contributed by atoms with Crippen LogP contribution in [-0.2, 0) is 18.4 Å². The molecule has 0 radical (unpaired) electrons. The zero-order valence-electron chi connectivity index (χ0n) is 16.2. The van der Waals surface area contributed by atoms with Gasteiger partial charge >= 0.3 is 0 Å². The van der Waals surface area contributed by atoms with Crippen molar-refractivity contribution in [3.05, 3.63) is 69.5 Å². The maximum Gasteiger partial charge on any atom is 0.269 e. The Kier molecular flexibility index (Phi) is 6.91. The first-order chi connectivity index (χ1) is 14.4. The number of non-ortho nitro benzene ring substituents is 1. The lowest BCUT2D eigenvalue weighted by Gasteiger charge is -2.16. The molecular weight excluding hydrogens is 430 g/mol. The van der Waals surface area contributed by atoms with E-state index in [4.69, 9.17) is 16.3 Å². The zero-order valence-corrected chi connectivity index (χ0v) is 17.8.